The summed E-state index contributed by atoms with van der Waals surface area (Å²) in [6.45, 7) is 3.96. The van der Waals surface area contributed by atoms with Gasteiger partial charge in [0, 0.05) is 0 Å². The Morgan fingerprint density at radius 3 is 2.03 bits per heavy atom. The number of ether oxygens (including phenoxy) is 3. The van der Waals surface area contributed by atoms with E-state index in [9.17, 15) is 14.7 Å². The lowest BCUT2D eigenvalue weighted by atomic mass is 10.1. The van der Waals surface area contributed by atoms with Crippen molar-refractivity contribution in [3.8, 4) is 23.0 Å². The zero-order valence-corrected chi connectivity index (χ0v) is 17.0. The first-order valence-electron chi connectivity index (χ1n) is 9.17. The molecule has 0 spiro atoms. The molecule has 0 aromatic heterocycles. The monoisotopic (exact) mass is 408 g/mol. The Morgan fingerprint density at radius 1 is 0.900 bits per heavy atom. The highest BCUT2D eigenvalue weighted by Gasteiger charge is 2.07. The smallest absolute Gasteiger partial charge is 0.163 e. The van der Waals surface area contributed by atoms with Crippen LogP contribution in [0.1, 0.15) is 17.5 Å². The van der Waals surface area contributed by atoms with Gasteiger partial charge in [-0.25, -0.2) is 0 Å². The molecule has 0 radical (unpaired) electrons. The SMILES string of the molecule is C=CCOc1ccc(C=CC(=O)CC(=O)C=Cc2ccc(O)c(OC)c2)cc1OC. The fraction of sp³-hybridized carbons (Fsp3) is 0.167. The lowest BCUT2D eigenvalue weighted by molar-refractivity contribution is -0.121. The standard InChI is InChI=1S/C24H24O6/c1-4-13-30-22-12-8-18(15-24(22)29-3)6-10-20(26)16-19(25)9-5-17-7-11-21(27)23(14-17)28-2/h4-12,14-15,27H,1,13,16H2,2-3H3. The molecule has 0 aliphatic carbocycles. The highest BCUT2D eigenvalue weighted by atomic mass is 16.5. The highest BCUT2D eigenvalue weighted by Crippen LogP contribution is 2.29. The van der Waals surface area contributed by atoms with E-state index in [1.807, 2.05) is 0 Å². The van der Waals surface area contributed by atoms with Gasteiger partial charge in [0.05, 0.1) is 20.6 Å². The van der Waals surface area contributed by atoms with E-state index < -0.39 is 0 Å². The quantitative estimate of drug-likeness (QED) is 0.340. The van der Waals surface area contributed by atoms with Gasteiger partial charge < -0.3 is 19.3 Å². The number of methoxy groups -OCH3 is 2. The maximum atomic E-state index is 12.1. The van der Waals surface area contributed by atoms with E-state index >= 15 is 0 Å². The van der Waals surface area contributed by atoms with Crippen molar-refractivity contribution >= 4 is 23.7 Å². The largest absolute Gasteiger partial charge is 0.504 e. The van der Waals surface area contributed by atoms with Crippen molar-refractivity contribution in [2.45, 2.75) is 6.42 Å². The van der Waals surface area contributed by atoms with E-state index in [1.54, 1.807) is 48.6 Å². The number of aromatic hydroxyl groups is 1. The predicted molar refractivity (Wildman–Crippen MR) is 116 cm³/mol. The molecule has 0 aliphatic rings. The number of benzene rings is 2. The molecule has 1 N–H and O–H groups in total. The molecule has 6 nitrogen and oxygen atoms in total. The van der Waals surface area contributed by atoms with Gasteiger partial charge in [0.25, 0.3) is 0 Å². The molecule has 6 heteroatoms. The van der Waals surface area contributed by atoms with Gasteiger partial charge in [-0.2, -0.15) is 0 Å². The van der Waals surface area contributed by atoms with Crippen LogP contribution in [0, 0.1) is 0 Å². The molecule has 0 atom stereocenters. The number of ketones is 2. The third-order valence-electron chi connectivity index (χ3n) is 4.02. The van der Waals surface area contributed by atoms with Crippen LogP contribution < -0.4 is 14.2 Å². The maximum absolute atomic E-state index is 12.1. The minimum atomic E-state index is -0.331. The van der Waals surface area contributed by atoms with Gasteiger partial charge in [0.1, 0.15) is 6.61 Å². The van der Waals surface area contributed by atoms with Crippen molar-refractivity contribution in [1.29, 1.82) is 0 Å². The van der Waals surface area contributed by atoms with Crippen molar-refractivity contribution < 1.29 is 28.9 Å². The average Bonchev–Trinajstić information content (AvgIpc) is 2.75. The minimum Gasteiger partial charge on any atom is -0.504 e. The Balaban J connectivity index is 1.96. The van der Waals surface area contributed by atoms with Crippen LogP contribution in [0.25, 0.3) is 12.2 Å². The molecule has 0 fully saturated rings. The first-order valence-corrected chi connectivity index (χ1v) is 9.17. The van der Waals surface area contributed by atoms with E-state index in [4.69, 9.17) is 14.2 Å². The fourth-order valence-corrected chi connectivity index (χ4v) is 2.52. The summed E-state index contributed by atoms with van der Waals surface area (Å²) in [6.07, 6.45) is 7.24. The lowest BCUT2D eigenvalue weighted by Crippen LogP contribution is -2.02. The molecular weight excluding hydrogens is 384 g/mol. The molecule has 0 unspecified atom stereocenters. The van der Waals surface area contributed by atoms with E-state index in [2.05, 4.69) is 6.58 Å². The van der Waals surface area contributed by atoms with Gasteiger partial charge in [-0.15, -0.1) is 0 Å². The van der Waals surface area contributed by atoms with Gasteiger partial charge >= 0.3 is 0 Å². The second-order valence-corrected chi connectivity index (χ2v) is 6.22. The van der Waals surface area contributed by atoms with Crippen LogP contribution in [0.5, 0.6) is 23.0 Å². The van der Waals surface area contributed by atoms with E-state index in [0.717, 1.165) is 5.56 Å². The van der Waals surface area contributed by atoms with Crippen LogP contribution in [0.15, 0.2) is 61.2 Å². The molecule has 0 saturated carbocycles. The summed E-state index contributed by atoms with van der Waals surface area (Å²) >= 11 is 0. The zero-order chi connectivity index (χ0) is 21.9. The van der Waals surface area contributed by atoms with Crippen LogP contribution in [-0.4, -0.2) is 37.5 Å². The highest BCUT2D eigenvalue weighted by molar-refractivity contribution is 6.10. The predicted octanol–water partition coefficient (Wildman–Crippen LogP) is 4.23. The second kappa shape index (κ2) is 11.3. The zero-order valence-electron chi connectivity index (χ0n) is 17.0. The Kier molecular flexibility index (Phi) is 8.44. The third-order valence-corrected chi connectivity index (χ3v) is 4.02. The third kappa shape index (κ3) is 6.67. The molecule has 2 aromatic rings. The number of allylic oxidation sites excluding steroid dienone is 2. The molecule has 0 amide bonds. The molecule has 0 aliphatic heterocycles. The van der Waals surface area contributed by atoms with Crippen molar-refractivity contribution in [3.63, 3.8) is 0 Å². The molecule has 30 heavy (non-hydrogen) atoms. The number of carbonyl (C=O) groups excluding carboxylic acids is 2. The fourth-order valence-electron chi connectivity index (χ4n) is 2.52. The van der Waals surface area contributed by atoms with Crippen molar-refractivity contribution in [3.05, 3.63) is 72.3 Å². The Morgan fingerprint density at radius 2 is 1.47 bits per heavy atom. The first-order chi connectivity index (χ1) is 14.5. The van der Waals surface area contributed by atoms with Crippen LogP contribution in [0.3, 0.4) is 0 Å². The molecule has 0 bridgehead atoms. The number of hydrogen-bond acceptors (Lipinski definition) is 6. The lowest BCUT2D eigenvalue weighted by Gasteiger charge is -2.09. The molecule has 0 heterocycles. The number of hydrogen-bond donors (Lipinski definition) is 1. The summed E-state index contributed by atoms with van der Waals surface area (Å²) in [4.78, 5) is 24.1. The number of phenols is 1. The molecule has 2 rings (SSSR count). The summed E-state index contributed by atoms with van der Waals surface area (Å²) in [5.74, 6) is 0.779. The van der Waals surface area contributed by atoms with Crippen LogP contribution in [0.4, 0.5) is 0 Å². The van der Waals surface area contributed by atoms with E-state index in [-0.39, 0.29) is 23.7 Å². The summed E-state index contributed by atoms with van der Waals surface area (Å²) in [5, 5.41) is 9.58. The summed E-state index contributed by atoms with van der Waals surface area (Å²) in [6, 6.07) is 9.97. The van der Waals surface area contributed by atoms with Crippen LogP contribution in [0.2, 0.25) is 0 Å². The minimum absolute atomic E-state index is 0.0122. The summed E-state index contributed by atoms with van der Waals surface area (Å²) in [5.41, 5.74) is 1.41. The first kappa shape index (κ1) is 22.5. The molecule has 2 aromatic carbocycles. The van der Waals surface area contributed by atoms with Crippen molar-refractivity contribution in [1.82, 2.24) is 0 Å². The van der Waals surface area contributed by atoms with Crippen molar-refractivity contribution in [2.75, 3.05) is 20.8 Å². The summed E-state index contributed by atoms with van der Waals surface area (Å²) in [7, 11) is 2.97. The molecule has 0 saturated heterocycles. The van der Waals surface area contributed by atoms with E-state index in [0.29, 0.717) is 29.4 Å². The van der Waals surface area contributed by atoms with Gasteiger partial charge in [-0.05, 0) is 47.5 Å². The van der Waals surface area contributed by atoms with Gasteiger partial charge in [0.2, 0.25) is 0 Å². The average molecular weight is 408 g/mol. The number of rotatable bonds is 11. The Hall–Kier alpha value is -3.80. The van der Waals surface area contributed by atoms with E-state index in [1.165, 1.54) is 32.4 Å². The van der Waals surface area contributed by atoms with Crippen LogP contribution in [-0.2, 0) is 9.59 Å². The van der Waals surface area contributed by atoms with Crippen molar-refractivity contribution in [2.24, 2.45) is 0 Å². The normalized spacial score (nSPS) is 10.9. The van der Waals surface area contributed by atoms with Gasteiger partial charge in [-0.1, -0.05) is 36.9 Å². The summed E-state index contributed by atoms with van der Waals surface area (Å²) < 4.78 is 15.8. The molecular formula is C24H24O6. The van der Waals surface area contributed by atoms with Gasteiger partial charge in [0.15, 0.2) is 34.6 Å². The maximum Gasteiger partial charge on any atom is 0.163 e. The number of carbonyl (C=O) groups is 2. The van der Waals surface area contributed by atoms with Crippen LogP contribution >= 0.6 is 0 Å². The second-order valence-electron chi connectivity index (χ2n) is 6.22. The Bertz CT molecular complexity index is 972. The number of phenolic OH excluding ortho intramolecular Hbond substituents is 1. The molecule has 156 valence electrons. The van der Waals surface area contributed by atoms with Gasteiger partial charge in [-0.3, -0.25) is 9.59 Å². The topological polar surface area (TPSA) is 82.1 Å². The Labute approximate surface area is 175 Å².